The molecule has 4 heteroatoms. The fourth-order valence-electron chi connectivity index (χ4n) is 1.61. The van der Waals surface area contributed by atoms with Gasteiger partial charge in [0.1, 0.15) is 17.5 Å². The quantitative estimate of drug-likeness (QED) is 0.855. The molecule has 18 heavy (non-hydrogen) atoms. The Hall–Kier alpha value is -2.38. The number of nitrogens with zero attached hydrogens (tertiary/aromatic N) is 2. The van der Waals surface area contributed by atoms with Gasteiger partial charge in [0.2, 0.25) is 0 Å². The van der Waals surface area contributed by atoms with Gasteiger partial charge in [0.25, 0.3) is 0 Å². The Balaban J connectivity index is 1.88. The van der Waals surface area contributed by atoms with Crippen molar-refractivity contribution in [1.29, 1.82) is 5.26 Å². The van der Waals surface area contributed by atoms with Crippen molar-refractivity contribution in [3.8, 4) is 11.8 Å². The minimum absolute atomic E-state index is 0.270. The molecule has 90 valence electrons. The monoisotopic (exact) mass is 239 g/mol. The SMILES string of the molecule is N#Cc1cc(CNCc2ccc(O)cc2)ccn1. The van der Waals surface area contributed by atoms with Crippen LogP contribution < -0.4 is 5.32 Å². The van der Waals surface area contributed by atoms with Crippen LogP contribution in [0, 0.1) is 11.3 Å². The molecular formula is C14H13N3O. The van der Waals surface area contributed by atoms with Crippen molar-refractivity contribution in [2.45, 2.75) is 13.1 Å². The third kappa shape index (κ3) is 3.30. The van der Waals surface area contributed by atoms with Gasteiger partial charge in [0.15, 0.2) is 0 Å². The van der Waals surface area contributed by atoms with Crippen molar-refractivity contribution in [1.82, 2.24) is 10.3 Å². The van der Waals surface area contributed by atoms with Gasteiger partial charge < -0.3 is 10.4 Å². The molecule has 1 aromatic heterocycles. The van der Waals surface area contributed by atoms with Crippen LogP contribution in [0.1, 0.15) is 16.8 Å². The van der Waals surface area contributed by atoms with Gasteiger partial charge in [0.05, 0.1) is 0 Å². The normalized spacial score (nSPS) is 9.94. The Morgan fingerprint density at radius 2 is 1.83 bits per heavy atom. The molecule has 2 N–H and O–H groups in total. The first kappa shape index (κ1) is 12.1. The average Bonchev–Trinajstić information content (AvgIpc) is 2.41. The summed E-state index contributed by atoms with van der Waals surface area (Å²) in [4.78, 5) is 3.92. The molecule has 0 bridgehead atoms. The fourth-order valence-corrected chi connectivity index (χ4v) is 1.61. The second kappa shape index (κ2) is 5.80. The summed E-state index contributed by atoms with van der Waals surface area (Å²) in [6.07, 6.45) is 1.64. The highest BCUT2D eigenvalue weighted by atomic mass is 16.3. The molecule has 4 nitrogen and oxygen atoms in total. The lowest BCUT2D eigenvalue weighted by Gasteiger charge is -2.05. The largest absolute Gasteiger partial charge is 0.508 e. The Bertz CT molecular complexity index is 558. The number of benzene rings is 1. The van der Waals surface area contributed by atoms with Crippen molar-refractivity contribution in [2.24, 2.45) is 0 Å². The molecule has 2 rings (SSSR count). The predicted octanol–water partition coefficient (Wildman–Crippen LogP) is 1.95. The molecule has 0 saturated carbocycles. The van der Waals surface area contributed by atoms with Crippen LogP contribution in [0.3, 0.4) is 0 Å². The van der Waals surface area contributed by atoms with E-state index in [1.165, 1.54) is 0 Å². The maximum absolute atomic E-state index is 9.16. The number of rotatable bonds is 4. The maximum atomic E-state index is 9.16. The Morgan fingerprint density at radius 3 is 2.56 bits per heavy atom. The molecule has 0 unspecified atom stereocenters. The molecule has 0 aliphatic heterocycles. The van der Waals surface area contributed by atoms with Crippen LogP contribution in [0.4, 0.5) is 0 Å². The predicted molar refractivity (Wildman–Crippen MR) is 67.6 cm³/mol. The van der Waals surface area contributed by atoms with E-state index in [9.17, 15) is 0 Å². The van der Waals surface area contributed by atoms with Crippen LogP contribution in [0.5, 0.6) is 5.75 Å². The van der Waals surface area contributed by atoms with Crippen LogP contribution in [-0.4, -0.2) is 10.1 Å². The molecule has 0 spiro atoms. The number of hydrogen-bond acceptors (Lipinski definition) is 4. The molecule has 0 aliphatic carbocycles. The zero-order chi connectivity index (χ0) is 12.8. The van der Waals surface area contributed by atoms with Crippen LogP contribution in [0.25, 0.3) is 0 Å². The van der Waals surface area contributed by atoms with E-state index in [1.807, 2.05) is 24.3 Å². The van der Waals surface area contributed by atoms with Crippen LogP contribution in [0.15, 0.2) is 42.6 Å². The summed E-state index contributed by atoms with van der Waals surface area (Å²) in [6.45, 7) is 1.39. The van der Waals surface area contributed by atoms with Crippen LogP contribution in [-0.2, 0) is 13.1 Å². The molecular weight excluding hydrogens is 226 g/mol. The zero-order valence-corrected chi connectivity index (χ0v) is 9.80. The molecule has 0 aliphatic rings. The summed E-state index contributed by atoms with van der Waals surface area (Å²) < 4.78 is 0. The summed E-state index contributed by atoms with van der Waals surface area (Å²) in [5.41, 5.74) is 2.56. The van der Waals surface area contributed by atoms with Crippen molar-refractivity contribution in [2.75, 3.05) is 0 Å². The molecule has 0 atom stereocenters. The van der Waals surface area contributed by atoms with Crippen LogP contribution in [0.2, 0.25) is 0 Å². The number of phenols is 1. The Kier molecular flexibility index (Phi) is 3.90. The number of nitriles is 1. The van der Waals surface area contributed by atoms with E-state index >= 15 is 0 Å². The lowest BCUT2D eigenvalue weighted by Crippen LogP contribution is -2.12. The van der Waals surface area contributed by atoms with E-state index < -0.39 is 0 Å². The number of hydrogen-bond donors (Lipinski definition) is 2. The lowest BCUT2D eigenvalue weighted by atomic mass is 10.2. The number of nitrogens with one attached hydrogen (secondary N) is 1. The van der Waals surface area contributed by atoms with Gasteiger partial charge in [0, 0.05) is 19.3 Å². The molecule has 1 aromatic carbocycles. The molecule has 0 radical (unpaired) electrons. The summed E-state index contributed by atoms with van der Waals surface area (Å²) in [7, 11) is 0. The van der Waals surface area contributed by atoms with E-state index in [0.29, 0.717) is 18.8 Å². The van der Waals surface area contributed by atoms with Gasteiger partial charge in [-0.15, -0.1) is 0 Å². The summed E-state index contributed by atoms with van der Waals surface area (Å²) in [5, 5.41) is 21.2. The van der Waals surface area contributed by atoms with E-state index in [-0.39, 0.29) is 5.75 Å². The fraction of sp³-hybridized carbons (Fsp3) is 0.143. The summed E-state index contributed by atoms with van der Waals surface area (Å²) >= 11 is 0. The Labute approximate surface area is 106 Å². The number of pyridine rings is 1. The van der Waals surface area contributed by atoms with E-state index in [4.69, 9.17) is 10.4 Å². The van der Waals surface area contributed by atoms with Gasteiger partial charge in [-0.25, -0.2) is 4.98 Å². The molecule has 0 saturated heterocycles. The van der Waals surface area contributed by atoms with Gasteiger partial charge >= 0.3 is 0 Å². The molecule has 2 aromatic rings. The molecule has 1 heterocycles. The molecule has 0 amide bonds. The van der Waals surface area contributed by atoms with E-state index in [1.54, 1.807) is 24.4 Å². The van der Waals surface area contributed by atoms with Crippen molar-refractivity contribution >= 4 is 0 Å². The van der Waals surface area contributed by atoms with Crippen molar-refractivity contribution < 1.29 is 5.11 Å². The number of aromatic hydroxyl groups is 1. The van der Waals surface area contributed by atoms with Gasteiger partial charge in [-0.1, -0.05) is 12.1 Å². The minimum Gasteiger partial charge on any atom is -0.508 e. The van der Waals surface area contributed by atoms with Crippen molar-refractivity contribution in [3.05, 3.63) is 59.4 Å². The Morgan fingerprint density at radius 1 is 1.11 bits per heavy atom. The number of phenolic OH excluding ortho intramolecular Hbond substituents is 1. The number of aromatic nitrogens is 1. The van der Waals surface area contributed by atoms with Crippen LogP contribution >= 0.6 is 0 Å². The second-order valence-corrected chi connectivity index (χ2v) is 3.93. The van der Waals surface area contributed by atoms with E-state index in [0.717, 1.165) is 11.1 Å². The standard InChI is InChI=1S/C14H13N3O/c15-8-13-7-12(5-6-17-13)10-16-9-11-1-3-14(18)4-2-11/h1-7,16,18H,9-10H2. The highest BCUT2D eigenvalue weighted by molar-refractivity contribution is 5.27. The van der Waals surface area contributed by atoms with E-state index in [2.05, 4.69) is 10.3 Å². The van der Waals surface area contributed by atoms with Gasteiger partial charge in [-0.05, 0) is 35.4 Å². The maximum Gasteiger partial charge on any atom is 0.140 e. The van der Waals surface area contributed by atoms with Crippen molar-refractivity contribution in [3.63, 3.8) is 0 Å². The third-order valence-corrected chi connectivity index (χ3v) is 2.53. The first-order chi connectivity index (χ1) is 8.78. The highest BCUT2D eigenvalue weighted by Gasteiger charge is 1.97. The zero-order valence-electron chi connectivity index (χ0n) is 9.80. The minimum atomic E-state index is 0.270. The highest BCUT2D eigenvalue weighted by Crippen LogP contribution is 2.09. The van der Waals surface area contributed by atoms with Gasteiger partial charge in [-0.2, -0.15) is 5.26 Å². The first-order valence-electron chi connectivity index (χ1n) is 5.61. The topological polar surface area (TPSA) is 68.9 Å². The van der Waals surface area contributed by atoms with Gasteiger partial charge in [-0.3, -0.25) is 0 Å². The smallest absolute Gasteiger partial charge is 0.140 e. The second-order valence-electron chi connectivity index (χ2n) is 3.93. The third-order valence-electron chi connectivity index (χ3n) is 2.53. The summed E-state index contributed by atoms with van der Waals surface area (Å²) in [5.74, 6) is 0.270. The molecule has 0 fully saturated rings. The lowest BCUT2D eigenvalue weighted by molar-refractivity contribution is 0.475. The first-order valence-corrected chi connectivity index (χ1v) is 5.61. The summed E-state index contributed by atoms with van der Waals surface area (Å²) in [6, 6.07) is 12.7. The average molecular weight is 239 g/mol.